The summed E-state index contributed by atoms with van der Waals surface area (Å²) in [6, 6.07) is 21.8. The third-order valence-corrected chi connectivity index (χ3v) is 4.17. The molecular weight excluding hydrogens is 252 g/mol. The molecule has 0 aliphatic rings. The van der Waals surface area contributed by atoms with Gasteiger partial charge < -0.3 is 0 Å². The van der Waals surface area contributed by atoms with Crippen LogP contribution in [0.5, 0.6) is 0 Å². The zero-order valence-electron chi connectivity index (χ0n) is 13.5. The number of hydrogen-bond acceptors (Lipinski definition) is 0. The van der Waals surface area contributed by atoms with Crippen LogP contribution in [-0.4, -0.2) is 0 Å². The predicted molar refractivity (Wildman–Crippen MR) is 92.5 cm³/mol. The third kappa shape index (κ3) is 6.16. The van der Waals surface area contributed by atoms with Crippen molar-refractivity contribution in [1.82, 2.24) is 0 Å². The molecule has 0 atom stereocenters. The SMILES string of the molecule is CC(C)CC(CCc1ccccc1)CCc1ccccc1. The molecule has 0 saturated carbocycles. The molecule has 0 aliphatic heterocycles. The van der Waals surface area contributed by atoms with Crippen molar-refractivity contribution in [3.63, 3.8) is 0 Å². The molecule has 112 valence electrons. The van der Waals surface area contributed by atoms with Gasteiger partial charge in [0.15, 0.2) is 0 Å². The van der Waals surface area contributed by atoms with Gasteiger partial charge in [-0.05, 0) is 55.1 Å². The van der Waals surface area contributed by atoms with Crippen LogP contribution in [0.1, 0.15) is 44.2 Å². The Bertz CT molecular complexity index is 440. The smallest absolute Gasteiger partial charge is 0.0276 e. The van der Waals surface area contributed by atoms with E-state index in [2.05, 4.69) is 74.5 Å². The quantitative estimate of drug-likeness (QED) is 0.563. The fourth-order valence-corrected chi connectivity index (χ4v) is 3.08. The molecule has 0 spiro atoms. The summed E-state index contributed by atoms with van der Waals surface area (Å²) in [5.41, 5.74) is 2.96. The Morgan fingerprint density at radius 2 is 1.10 bits per heavy atom. The molecule has 2 aromatic carbocycles. The summed E-state index contributed by atoms with van der Waals surface area (Å²) >= 11 is 0. The van der Waals surface area contributed by atoms with Gasteiger partial charge in [-0.15, -0.1) is 0 Å². The molecule has 0 unspecified atom stereocenters. The second-order valence-corrected chi connectivity index (χ2v) is 6.54. The number of benzene rings is 2. The van der Waals surface area contributed by atoms with Crippen molar-refractivity contribution in [1.29, 1.82) is 0 Å². The molecule has 0 aromatic heterocycles. The Morgan fingerprint density at radius 3 is 1.48 bits per heavy atom. The van der Waals surface area contributed by atoms with E-state index < -0.39 is 0 Å². The summed E-state index contributed by atoms with van der Waals surface area (Å²) in [6.45, 7) is 4.69. The van der Waals surface area contributed by atoms with Gasteiger partial charge in [-0.1, -0.05) is 74.5 Å². The van der Waals surface area contributed by atoms with Gasteiger partial charge in [0.05, 0.1) is 0 Å². The molecule has 2 rings (SSSR count). The van der Waals surface area contributed by atoms with Crippen molar-refractivity contribution >= 4 is 0 Å². The van der Waals surface area contributed by atoms with Crippen molar-refractivity contribution in [3.8, 4) is 0 Å². The van der Waals surface area contributed by atoms with E-state index in [9.17, 15) is 0 Å². The molecule has 0 heteroatoms. The fraction of sp³-hybridized carbons (Fsp3) is 0.429. The highest BCUT2D eigenvalue weighted by atomic mass is 14.2. The van der Waals surface area contributed by atoms with Crippen LogP contribution < -0.4 is 0 Å². The zero-order chi connectivity index (χ0) is 14.9. The van der Waals surface area contributed by atoms with Crippen LogP contribution in [0.3, 0.4) is 0 Å². The van der Waals surface area contributed by atoms with E-state index in [1.807, 2.05) is 0 Å². The largest absolute Gasteiger partial charge is 0.0628 e. The normalized spacial score (nSPS) is 11.2. The van der Waals surface area contributed by atoms with Gasteiger partial charge in [0, 0.05) is 0 Å². The standard InChI is InChI=1S/C21H28/c1-18(2)17-21(15-13-19-9-5-3-6-10-19)16-14-20-11-7-4-8-12-20/h3-12,18,21H,13-17H2,1-2H3. The van der Waals surface area contributed by atoms with E-state index in [1.54, 1.807) is 0 Å². The molecule has 0 saturated heterocycles. The third-order valence-electron chi connectivity index (χ3n) is 4.17. The van der Waals surface area contributed by atoms with Crippen LogP contribution in [0, 0.1) is 11.8 Å². The molecule has 0 radical (unpaired) electrons. The molecule has 0 N–H and O–H groups in total. The summed E-state index contributed by atoms with van der Waals surface area (Å²) < 4.78 is 0. The molecule has 0 aliphatic carbocycles. The highest BCUT2D eigenvalue weighted by molar-refractivity contribution is 5.15. The summed E-state index contributed by atoms with van der Waals surface area (Å²) in [7, 11) is 0. The van der Waals surface area contributed by atoms with E-state index in [4.69, 9.17) is 0 Å². The molecule has 0 fully saturated rings. The van der Waals surface area contributed by atoms with Crippen molar-refractivity contribution in [2.24, 2.45) is 11.8 Å². The van der Waals surface area contributed by atoms with Gasteiger partial charge in [0.25, 0.3) is 0 Å². The Hall–Kier alpha value is -1.56. The van der Waals surface area contributed by atoms with Crippen LogP contribution in [-0.2, 0) is 12.8 Å². The van der Waals surface area contributed by atoms with Crippen molar-refractivity contribution in [2.45, 2.75) is 46.0 Å². The monoisotopic (exact) mass is 280 g/mol. The first kappa shape index (κ1) is 15.8. The van der Waals surface area contributed by atoms with Gasteiger partial charge in [-0.3, -0.25) is 0 Å². The van der Waals surface area contributed by atoms with Crippen LogP contribution >= 0.6 is 0 Å². The molecule has 0 heterocycles. The molecule has 21 heavy (non-hydrogen) atoms. The maximum absolute atomic E-state index is 2.35. The van der Waals surface area contributed by atoms with Gasteiger partial charge in [0.1, 0.15) is 0 Å². The predicted octanol–water partition coefficient (Wildman–Crippen LogP) is 5.91. The van der Waals surface area contributed by atoms with Gasteiger partial charge in [-0.2, -0.15) is 0 Å². The Morgan fingerprint density at radius 1 is 0.667 bits per heavy atom. The molecular formula is C21H28. The molecule has 0 nitrogen and oxygen atoms in total. The van der Waals surface area contributed by atoms with Crippen LogP contribution in [0.4, 0.5) is 0 Å². The first-order valence-corrected chi connectivity index (χ1v) is 8.32. The van der Waals surface area contributed by atoms with E-state index >= 15 is 0 Å². The highest BCUT2D eigenvalue weighted by Crippen LogP contribution is 2.23. The van der Waals surface area contributed by atoms with Crippen LogP contribution in [0.15, 0.2) is 60.7 Å². The van der Waals surface area contributed by atoms with E-state index in [0.29, 0.717) is 0 Å². The summed E-state index contributed by atoms with van der Waals surface area (Å²) in [4.78, 5) is 0. The maximum Gasteiger partial charge on any atom is -0.0276 e. The van der Waals surface area contributed by atoms with Crippen LogP contribution in [0.25, 0.3) is 0 Å². The topological polar surface area (TPSA) is 0 Å². The second kappa shape index (κ2) is 8.67. The lowest BCUT2D eigenvalue weighted by Gasteiger charge is -2.19. The van der Waals surface area contributed by atoms with E-state index in [1.165, 1.54) is 43.2 Å². The Balaban J connectivity index is 1.85. The first-order valence-electron chi connectivity index (χ1n) is 8.32. The van der Waals surface area contributed by atoms with E-state index in [0.717, 1.165) is 11.8 Å². The van der Waals surface area contributed by atoms with Crippen molar-refractivity contribution in [2.75, 3.05) is 0 Å². The minimum Gasteiger partial charge on any atom is -0.0628 e. The number of rotatable bonds is 8. The van der Waals surface area contributed by atoms with Crippen molar-refractivity contribution < 1.29 is 0 Å². The van der Waals surface area contributed by atoms with Gasteiger partial charge in [-0.25, -0.2) is 0 Å². The maximum atomic E-state index is 2.35. The summed E-state index contributed by atoms with van der Waals surface area (Å²) in [6.07, 6.45) is 6.41. The summed E-state index contributed by atoms with van der Waals surface area (Å²) in [5.74, 6) is 1.63. The van der Waals surface area contributed by atoms with Gasteiger partial charge in [0.2, 0.25) is 0 Å². The lowest BCUT2D eigenvalue weighted by atomic mass is 9.87. The average molecular weight is 280 g/mol. The summed E-state index contributed by atoms with van der Waals surface area (Å²) in [5, 5.41) is 0. The van der Waals surface area contributed by atoms with Crippen LogP contribution in [0.2, 0.25) is 0 Å². The minimum absolute atomic E-state index is 0.793. The molecule has 0 amide bonds. The van der Waals surface area contributed by atoms with Crippen molar-refractivity contribution in [3.05, 3.63) is 71.8 Å². The Kier molecular flexibility index (Phi) is 6.53. The fourth-order valence-electron chi connectivity index (χ4n) is 3.08. The lowest BCUT2D eigenvalue weighted by molar-refractivity contribution is 0.364. The Labute approximate surface area is 130 Å². The molecule has 0 bridgehead atoms. The number of aryl methyl sites for hydroxylation is 2. The zero-order valence-corrected chi connectivity index (χ0v) is 13.5. The minimum atomic E-state index is 0.793. The highest BCUT2D eigenvalue weighted by Gasteiger charge is 2.11. The first-order chi connectivity index (χ1) is 10.2. The van der Waals surface area contributed by atoms with Gasteiger partial charge >= 0.3 is 0 Å². The average Bonchev–Trinajstić information content (AvgIpc) is 2.51. The van der Waals surface area contributed by atoms with E-state index in [-0.39, 0.29) is 0 Å². The lowest BCUT2D eigenvalue weighted by Crippen LogP contribution is -2.08. The molecule has 2 aromatic rings. The number of hydrogen-bond donors (Lipinski definition) is 0. The second-order valence-electron chi connectivity index (χ2n) is 6.54.